The van der Waals surface area contributed by atoms with E-state index >= 15 is 0 Å². The van der Waals surface area contributed by atoms with Crippen LogP contribution in [0.5, 0.6) is 0 Å². The number of aromatic nitrogens is 1. The molecule has 2 heterocycles. The fourth-order valence-corrected chi connectivity index (χ4v) is 2.94. The van der Waals surface area contributed by atoms with Crippen molar-refractivity contribution in [2.75, 3.05) is 13.2 Å². The molecule has 100 valence electrons. The van der Waals surface area contributed by atoms with Gasteiger partial charge in [0.2, 0.25) is 0 Å². The fraction of sp³-hybridized carbons (Fsp3) is 0.615. The second-order valence-electron chi connectivity index (χ2n) is 4.72. The zero-order valence-electron chi connectivity index (χ0n) is 10.3. The fourth-order valence-electron chi connectivity index (χ4n) is 2.53. The molecule has 1 fully saturated rings. The zero-order chi connectivity index (χ0) is 13.0. The number of aliphatic hydroxyl groups excluding tert-OH is 1. The summed E-state index contributed by atoms with van der Waals surface area (Å²) in [4.78, 5) is 6.49. The molecule has 0 amide bonds. The number of aliphatic hydroxyl groups is 1. The van der Waals surface area contributed by atoms with Crippen molar-refractivity contribution < 1.29 is 5.11 Å². The van der Waals surface area contributed by atoms with Crippen molar-refractivity contribution in [3.63, 3.8) is 0 Å². The molecule has 0 aromatic carbocycles. The van der Waals surface area contributed by atoms with Gasteiger partial charge in [0.25, 0.3) is 0 Å². The normalized spacial score (nSPS) is 20.5. The summed E-state index contributed by atoms with van der Waals surface area (Å²) in [5.41, 5.74) is 1.02. The number of likely N-dealkylation sites (tertiary alicyclic amines) is 1. The number of hydrogen-bond donors (Lipinski definition) is 1. The standard InChI is InChI=1S/C13H18Cl2N2O/c14-12-6-5-10(13(15)16-12)9-17-7-1-3-11(17)4-2-8-18/h5-6,11,18H,1-4,7-9H2. The molecular formula is C13H18Cl2N2O. The van der Waals surface area contributed by atoms with Crippen LogP contribution in [0.25, 0.3) is 0 Å². The molecule has 1 aliphatic heterocycles. The van der Waals surface area contributed by atoms with Crippen LogP contribution in [-0.4, -0.2) is 34.2 Å². The van der Waals surface area contributed by atoms with E-state index in [9.17, 15) is 0 Å². The average molecular weight is 289 g/mol. The Morgan fingerprint density at radius 2 is 2.22 bits per heavy atom. The first kappa shape index (κ1) is 14.1. The molecule has 3 nitrogen and oxygen atoms in total. The molecule has 1 aromatic heterocycles. The lowest BCUT2D eigenvalue weighted by Gasteiger charge is -2.24. The summed E-state index contributed by atoms with van der Waals surface area (Å²) in [6.45, 7) is 2.18. The minimum Gasteiger partial charge on any atom is -0.396 e. The smallest absolute Gasteiger partial charge is 0.135 e. The first-order valence-electron chi connectivity index (χ1n) is 6.36. The van der Waals surface area contributed by atoms with Gasteiger partial charge in [-0.1, -0.05) is 29.3 Å². The number of nitrogens with zero attached hydrogens (tertiary/aromatic N) is 2. The van der Waals surface area contributed by atoms with E-state index in [0.29, 0.717) is 16.3 Å². The third-order valence-electron chi connectivity index (χ3n) is 3.46. The molecule has 1 atom stereocenters. The van der Waals surface area contributed by atoms with Gasteiger partial charge in [-0.15, -0.1) is 0 Å². The first-order valence-corrected chi connectivity index (χ1v) is 7.12. The van der Waals surface area contributed by atoms with Crippen molar-refractivity contribution in [3.05, 3.63) is 28.0 Å². The second-order valence-corrected chi connectivity index (χ2v) is 5.46. The predicted octanol–water partition coefficient (Wildman–Crippen LogP) is 3.13. The maximum Gasteiger partial charge on any atom is 0.135 e. The van der Waals surface area contributed by atoms with E-state index in [4.69, 9.17) is 28.3 Å². The molecule has 1 saturated heterocycles. The number of hydrogen-bond acceptors (Lipinski definition) is 3. The monoisotopic (exact) mass is 288 g/mol. The van der Waals surface area contributed by atoms with Gasteiger partial charge in [-0.25, -0.2) is 4.98 Å². The summed E-state index contributed by atoms with van der Waals surface area (Å²) < 4.78 is 0. The lowest BCUT2D eigenvalue weighted by Crippen LogP contribution is -2.29. The summed E-state index contributed by atoms with van der Waals surface area (Å²) in [6, 6.07) is 4.28. The Balaban J connectivity index is 1.99. The highest BCUT2D eigenvalue weighted by atomic mass is 35.5. The molecule has 1 aliphatic rings. The van der Waals surface area contributed by atoms with Crippen LogP contribution in [0.2, 0.25) is 10.3 Å². The molecule has 0 radical (unpaired) electrons. The molecule has 18 heavy (non-hydrogen) atoms. The van der Waals surface area contributed by atoms with Gasteiger partial charge in [0.05, 0.1) is 0 Å². The third-order valence-corrected chi connectivity index (χ3v) is 4.00. The lowest BCUT2D eigenvalue weighted by atomic mass is 10.1. The number of halogens is 2. The van der Waals surface area contributed by atoms with Crippen LogP contribution in [0, 0.1) is 0 Å². The van der Waals surface area contributed by atoms with Crippen molar-refractivity contribution in [2.45, 2.75) is 38.3 Å². The van der Waals surface area contributed by atoms with Crippen LogP contribution in [-0.2, 0) is 6.54 Å². The molecule has 0 bridgehead atoms. The molecular weight excluding hydrogens is 271 g/mol. The SMILES string of the molecule is OCCCC1CCCN1Cc1ccc(Cl)nc1Cl. The van der Waals surface area contributed by atoms with E-state index in [2.05, 4.69) is 9.88 Å². The minimum absolute atomic E-state index is 0.271. The van der Waals surface area contributed by atoms with Gasteiger partial charge in [-0.05, 0) is 38.3 Å². The highest BCUT2D eigenvalue weighted by Gasteiger charge is 2.24. The topological polar surface area (TPSA) is 36.4 Å². The molecule has 1 aromatic rings. The molecule has 2 rings (SSSR count). The number of pyridine rings is 1. The van der Waals surface area contributed by atoms with Crippen LogP contribution < -0.4 is 0 Å². The summed E-state index contributed by atoms with van der Waals surface area (Å²) in [5, 5.41) is 9.84. The Bertz CT molecular complexity index is 401. The van der Waals surface area contributed by atoms with Crippen LogP contribution in [0.15, 0.2) is 12.1 Å². The Kier molecular flexibility index (Phi) is 5.25. The zero-order valence-corrected chi connectivity index (χ0v) is 11.8. The first-order chi connectivity index (χ1) is 8.70. The maximum absolute atomic E-state index is 8.91. The van der Waals surface area contributed by atoms with Crippen LogP contribution in [0.3, 0.4) is 0 Å². The van der Waals surface area contributed by atoms with E-state index in [1.165, 1.54) is 12.8 Å². The van der Waals surface area contributed by atoms with Gasteiger partial charge in [0.15, 0.2) is 0 Å². The van der Waals surface area contributed by atoms with Gasteiger partial charge in [0, 0.05) is 24.8 Å². The summed E-state index contributed by atoms with van der Waals surface area (Å²) in [6.07, 6.45) is 4.34. The van der Waals surface area contributed by atoms with Crippen molar-refractivity contribution in [2.24, 2.45) is 0 Å². The Labute approximate surface area is 118 Å². The van der Waals surface area contributed by atoms with E-state index in [0.717, 1.165) is 31.5 Å². The van der Waals surface area contributed by atoms with E-state index < -0.39 is 0 Å². The van der Waals surface area contributed by atoms with E-state index in [1.54, 1.807) is 6.07 Å². The summed E-state index contributed by atoms with van der Waals surface area (Å²) in [7, 11) is 0. The second kappa shape index (κ2) is 6.71. The molecule has 1 unspecified atom stereocenters. The molecule has 0 spiro atoms. The third kappa shape index (κ3) is 3.58. The molecule has 0 saturated carbocycles. The Morgan fingerprint density at radius 3 is 2.94 bits per heavy atom. The van der Waals surface area contributed by atoms with Gasteiger partial charge in [-0.3, -0.25) is 4.90 Å². The van der Waals surface area contributed by atoms with Crippen LogP contribution >= 0.6 is 23.2 Å². The van der Waals surface area contributed by atoms with Gasteiger partial charge < -0.3 is 5.11 Å². The highest BCUT2D eigenvalue weighted by Crippen LogP contribution is 2.26. The van der Waals surface area contributed by atoms with Gasteiger partial charge >= 0.3 is 0 Å². The van der Waals surface area contributed by atoms with E-state index in [1.807, 2.05) is 6.07 Å². The molecule has 1 N–H and O–H groups in total. The highest BCUT2D eigenvalue weighted by molar-refractivity contribution is 6.32. The van der Waals surface area contributed by atoms with Crippen molar-refractivity contribution >= 4 is 23.2 Å². The summed E-state index contributed by atoms with van der Waals surface area (Å²) in [5.74, 6) is 0. The Morgan fingerprint density at radius 1 is 1.39 bits per heavy atom. The van der Waals surface area contributed by atoms with Crippen molar-refractivity contribution in [1.82, 2.24) is 9.88 Å². The predicted molar refractivity (Wildman–Crippen MR) is 74.0 cm³/mol. The number of rotatable bonds is 5. The quantitative estimate of drug-likeness (QED) is 0.846. The summed E-state index contributed by atoms with van der Waals surface area (Å²) >= 11 is 11.9. The van der Waals surface area contributed by atoms with Gasteiger partial charge in [-0.2, -0.15) is 0 Å². The van der Waals surface area contributed by atoms with Crippen molar-refractivity contribution in [3.8, 4) is 0 Å². The Hall–Kier alpha value is -0.350. The van der Waals surface area contributed by atoms with Crippen LogP contribution in [0.4, 0.5) is 0 Å². The van der Waals surface area contributed by atoms with Crippen molar-refractivity contribution in [1.29, 1.82) is 0 Å². The average Bonchev–Trinajstić information content (AvgIpc) is 2.77. The molecule has 5 heteroatoms. The lowest BCUT2D eigenvalue weighted by molar-refractivity contribution is 0.210. The van der Waals surface area contributed by atoms with E-state index in [-0.39, 0.29) is 6.61 Å². The largest absolute Gasteiger partial charge is 0.396 e. The van der Waals surface area contributed by atoms with Gasteiger partial charge in [0.1, 0.15) is 10.3 Å². The molecule has 0 aliphatic carbocycles. The minimum atomic E-state index is 0.271. The maximum atomic E-state index is 8.91. The van der Waals surface area contributed by atoms with Crippen LogP contribution in [0.1, 0.15) is 31.2 Å².